The van der Waals surface area contributed by atoms with Crippen LogP contribution in [0.25, 0.3) is 0 Å². The van der Waals surface area contributed by atoms with Crippen molar-refractivity contribution in [3.8, 4) is 23.0 Å². The quantitative estimate of drug-likeness (QED) is 0.0449. The van der Waals surface area contributed by atoms with Gasteiger partial charge in [0.15, 0.2) is 0 Å². The lowest BCUT2D eigenvalue weighted by Crippen LogP contribution is -2.41. The van der Waals surface area contributed by atoms with Crippen molar-refractivity contribution >= 4 is 11.9 Å². The summed E-state index contributed by atoms with van der Waals surface area (Å²) in [5, 5.41) is 0. The van der Waals surface area contributed by atoms with Gasteiger partial charge in [0, 0.05) is 17.8 Å². The van der Waals surface area contributed by atoms with Crippen LogP contribution in [-0.4, -0.2) is 24.6 Å². The predicted octanol–water partition coefficient (Wildman–Crippen LogP) is 13.6. The average Bonchev–Trinajstić information content (AvgIpc) is 3.23. The van der Waals surface area contributed by atoms with Gasteiger partial charge in [0.05, 0.1) is 7.11 Å². The Morgan fingerprint density at radius 1 is 0.552 bits per heavy atom. The summed E-state index contributed by atoms with van der Waals surface area (Å²) in [6.45, 7) is 9.51. The van der Waals surface area contributed by atoms with Crippen molar-refractivity contribution in [2.24, 2.45) is 0 Å². The topological polar surface area (TPSA) is 71.1 Å². The van der Waals surface area contributed by atoms with Crippen LogP contribution in [-0.2, 0) is 20.4 Å². The van der Waals surface area contributed by atoms with Crippen LogP contribution in [0.3, 0.4) is 0 Å². The fourth-order valence-corrected chi connectivity index (χ4v) is 8.76. The Labute approximate surface area is 349 Å². The van der Waals surface area contributed by atoms with Gasteiger partial charge in [0.25, 0.3) is 0 Å². The molecule has 0 amide bonds. The molecule has 1 atom stereocenters. The fourth-order valence-electron chi connectivity index (χ4n) is 8.76. The molecule has 0 radical (unpaired) electrons. The molecule has 6 heteroatoms. The van der Waals surface area contributed by atoms with Crippen molar-refractivity contribution < 1.29 is 28.5 Å². The molecule has 0 N–H and O–H groups in total. The molecule has 0 heterocycles. The van der Waals surface area contributed by atoms with Crippen molar-refractivity contribution in [3.05, 3.63) is 119 Å². The number of rotatable bonds is 22. The minimum Gasteiger partial charge on any atom is -0.497 e. The highest BCUT2D eigenvalue weighted by atomic mass is 16.6. The van der Waals surface area contributed by atoms with E-state index in [9.17, 15) is 9.59 Å². The Kier molecular flexibility index (Phi) is 16.5. The molecule has 1 fully saturated rings. The molecule has 1 saturated carbocycles. The molecular weight excluding hydrogens is 721 g/mol. The molecule has 0 saturated heterocycles. The number of ether oxygens (including phenoxy) is 4. The number of esters is 2. The Morgan fingerprint density at radius 2 is 0.983 bits per heavy atom. The van der Waals surface area contributed by atoms with Crippen LogP contribution >= 0.6 is 0 Å². The summed E-state index contributed by atoms with van der Waals surface area (Å²) in [6.07, 6.45) is 21.1. The summed E-state index contributed by atoms with van der Waals surface area (Å²) >= 11 is 0. The van der Waals surface area contributed by atoms with Gasteiger partial charge in [-0.05, 0) is 104 Å². The normalized spacial score (nSPS) is 14.9. The lowest BCUT2D eigenvalue weighted by molar-refractivity contribution is -0.149. The molecule has 0 spiro atoms. The third kappa shape index (κ3) is 12.0. The minimum atomic E-state index is -1.22. The summed E-state index contributed by atoms with van der Waals surface area (Å²) in [7, 11) is 1.70. The monoisotopic (exact) mass is 789 g/mol. The van der Waals surface area contributed by atoms with E-state index in [2.05, 4.69) is 62.4 Å². The molecule has 0 aromatic heterocycles. The zero-order chi connectivity index (χ0) is 41.4. The number of hydrogen-bond acceptors (Lipinski definition) is 6. The first-order chi connectivity index (χ1) is 28.0. The van der Waals surface area contributed by atoms with Gasteiger partial charge in [-0.1, -0.05) is 152 Å². The molecule has 0 aliphatic heterocycles. The maximum absolute atomic E-state index is 13.6. The van der Waals surface area contributed by atoms with Gasteiger partial charge in [-0.3, -0.25) is 4.79 Å². The second kappa shape index (κ2) is 21.4. The van der Waals surface area contributed by atoms with E-state index in [1.807, 2.05) is 48.5 Å². The molecular formula is C52H68O6. The molecule has 6 nitrogen and oxygen atoms in total. The summed E-state index contributed by atoms with van der Waals surface area (Å²) in [4.78, 5) is 25.1. The third-order valence-corrected chi connectivity index (χ3v) is 12.4. The van der Waals surface area contributed by atoms with Crippen LogP contribution in [0.4, 0.5) is 0 Å². The second-order valence-electron chi connectivity index (χ2n) is 17.2. The van der Waals surface area contributed by atoms with E-state index >= 15 is 0 Å². The third-order valence-electron chi connectivity index (χ3n) is 12.4. The van der Waals surface area contributed by atoms with Crippen LogP contribution in [0.5, 0.6) is 23.0 Å². The fraction of sp³-hybridized carbons (Fsp3) is 0.500. The lowest BCUT2D eigenvalue weighted by atomic mass is 9.65. The van der Waals surface area contributed by atoms with Crippen LogP contribution in [0.2, 0.25) is 0 Å². The Balaban J connectivity index is 1.20. The highest BCUT2D eigenvalue weighted by Crippen LogP contribution is 2.46. The molecule has 5 rings (SSSR count). The first kappa shape index (κ1) is 44.5. The number of carbonyl (C=O) groups excluding carboxylic acids is 2. The summed E-state index contributed by atoms with van der Waals surface area (Å²) in [6, 6.07) is 32.5. The molecule has 312 valence electrons. The van der Waals surface area contributed by atoms with Gasteiger partial charge in [-0.25, -0.2) is 4.79 Å². The molecule has 1 aliphatic rings. The molecule has 4 aromatic rings. The van der Waals surface area contributed by atoms with Gasteiger partial charge >= 0.3 is 11.9 Å². The van der Waals surface area contributed by atoms with E-state index in [0.717, 1.165) is 44.3 Å². The summed E-state index contributed by atoms with van der Waals surface area (Å²) in [5.74, 6) is 1.72. The minimum absolute atomic E-state index is 0.136. The number of hydrogen-bond donors (Lipinski definition) is 0. The van der Waals surface area contributed by atoms with Gasteiger partial charge in [-0.2, -0.15) is 0 Å². The van der Waals surface area contributed by atoms with Crippen molar-refractivity contribution in [2.75, 3.05) is 7.11 Å². The number of benzene rings is 4. The van der Waals surface area contributed by atoms with Gasteiger partial charge in [0.1, 0.15) is 23.0 Å². The van der Waals surface area contributed by atoms with Crippen molar-refractivity contribution in [1.82, 2.24) is 0 Å². The van der Waals surface area contributed by atoms with E-state index in [1.54, 1.807) is 21.0 Å². The smallest absolute Gasteiger partial charge is 0.355 e. The van der Waals surface area contributed by atoms with E-state index < -0.39 is 11.6 Å². The zero-order valence-electron chi connectivity index (χ0n) is 36.2. The van der Waals surface area contributed by atoms with Crippen LogP contribution in [0.1, 0.15) is 166 Å². The predicted molar refractivity (Wildman–Crippen MR) is 235 cm³/mol. The second-order valence-corrected chi connectivity index (χ2v) is 17.2. The highest BCUT2D eigenvalue weighted by molar-refractivity contribution is 5.81. The van der Waals surface area contributed by atoms with Crippen LogP contribution in [0, 0.1) is 0 Å². The van der Waals surface area contributed by atoms with E-state index in [0.29, 0.717) is 17.2 Å². The summed E-state index contributed by atoms with van der Waals surface area (Å²) in [5.41, 5.74) is 3.31. The van der Waals surface area contributed by atoms with E-state index in [1.165, 1.54) is 99.8 Å². The van der Waals surface area contributed by atoms with E-state index in [4.69, 9.17) is 18.9 Å². The Bertz CT molecular complexity index is 1840. The van der Waals surface area contributed by atoms with Crippen LogP contribution in [0.15, 0.2) is 97.1 Å². The molecule has 0 bridgehead atoms. The maximum Gasteiger partial charge on any atom is 0.355 e. The van der Waals surface area contributed by atoms with Crippen molar-refractivity contribution in [3.63, 3.8) is 0 Å². The summed E-state index contributed by atoms with van der Waals surface area (Å²) < 4.78 is 23.0. The van der Waals surface area contributed by atoms with Gasteiger partial charge in [0.2, 0.25) is 5.60 Å². The molecule has 58 heavy (non-hydrogen) atoms. The standard InChI is InChI=1S/C52H68O6/c1-7-8-9-10-11-12-13-14-15-16-18-37-51(5,41-21-29-45(55-6)30-22-41)42-23-31-47(32-24-42)57-49(54)50(3,4)58-48-35-27-44(28-36-48)52(38-19-17-20-39-52)43-25-33-46(34-26-43)56-40(2)53/h21-36H,7-20,37-39H2,1-6H3. The Hall–Kier alpha value is -4.58. The maximum atomic E-state index is 13.6. The SMILES string of the molecule is CCCCCCCCCCCCCC(C)(c1ccc(OC)cc1)c1ccc(OC(=O)C(C)(C)Oc2ccc(C3(c4ccc(OC(C)=O)cc4)CCCCC3)cc2)cc1. The largest absolute Gasteiger partial charge is 0.497 e. The first-order valence-electron chi connectivity index (χ1n) is 22.0. The zero-order valence-corrected chi connectivity index (χ0v) is 36.2. The highest BCUT2D eigenvalue weighted by Gasteiger charge is 2.37. The number of carbonyl (C=O) groups is 2. The molecule has 4 aromatic carbocycles. The van der Waals surface area contributed by atoms with Crippen molar-refractivity contribution in [2.45, 2.75) is 160 Å². The van der Waals surface area contributed by atoms with Gasteiger partial charge in [-0.15, -0.1) is 0 Å². The lowest BCUT2D eigenvalue weighted by Gasteiger charge is -2.39. The number of methoxy groups -OCH3 is 1. The average molecular weight is 789 g/mol. The van der Waals surface area contributed by atoms with Crippen LogP contribution < -0.4 is 18.9 Å². The van der Waals surface area contributed by atoms with Crippen molar-refractivity contribution in [1.29, 1.82) is 0 Å². The number of unbranched alkanes of at least 4 members (excludes halogenated alkanes) is 10. The Morgan fingerprint density at radius 3 is 1.47 bits per heavy atom. The molecule has 1 aliphatic carbocycles. The van der Waals surface area contributed by atoms with E-state index in [-0.39, 0.29) is 16.8 Å². The molecule has 1 unspecified atom stereocenters. The first-order valence-corrected chi connectivity index (χ1v) is 22.0. The van der Waals surface area contributed by atoms with Gasteiger partial charge < -0.3 is 18.9 Å².